The van der Waals surface area contributed by atoms with Gasteiger partial charge in [0.15, 0.2) is 0 Å². The molecule has 0 spiro atoms. The first-order chi connectivity index (χ1) is 7.88. The fraction of sp³-hybridized carbons (Fsp3) is 0.250. The molecule has 1 aromatic rings. The number of carbonyl (C=O) groups is 1. The van der Waals surface area contributed by atoms with Crippen LogP contribution in [0.2, 0.25) is 0 Å². The highest BCUT2D eigenvalue weighted by Gasteiger charge is 2.43. The summed E-state index contributed by atoms with van der Waals surface area (Å²) in [6.45, 7) is 1.87. The molecule has 0 saturated carbocycles. The number of carbonyl (C=O) groups excluding carboxylic acids is 1. The van der Waals surface area contributed by atoms with Gasteiger partial charge in [-0.3, -0.25) is 4.79 Å². The fourth-order valence-electron chi connectivity index (χ4n) is 1.64. The maximum Gasteiger partial charge on any atom is 0.412 e. The largest absolute Gasteiger partial charge is 0.412 e. The van der Waals surface area contributed by atoms with E-state index in [1.54, 1.807) is 24.3 Å². The molecule has 1 aliphatic heterocycles. The van der Waals surface area contributed by atoms with Crippen molar-refractivity contribution in [3.8, 4) is 0 Å². The molecule has 0 fully saturated rings. The van der Waals surface area contributed by atoms with E-state index in [2.05, 4.69) is 0 Å². The topological polar surface area (TPSA) is 29.1 Å². The van der Waals surface area contributed by atoms with E-state index in [0.717, 1.165) is 11.6 Å². The molecule has 1 heterocycles. The summed E-state index contributed by atoms with van der Waals surface area (Å²) in [5.41, 5.74) is 1.56. The van der Waals surface area contributed by atoms with Gasteiger partial charge >= 0.3 is 6.18 Å². The van der Waals surface area contributed by atoms with Crippen LogP contribution in [0.3, 0.4) is 0 Å². The van der Waals surface area contributed by atoms with E-state index in [9.17, 15) is 18.0 Å². The molecule has 0 saturated heterocycles. The van der Waals surface area contributed by atoms with Gasteiger partial charge in [-0.2, -0.15) is 13.2 Å². The summed E-state index contributed by atoms with van der Waals surface area (Å²) in [5, 5.41) is 1.90. The molecule has 1 aromatic carbocycles. The Morgan fingerprint density at radius 2 is 1.76 bits per heavy atom. The second kappa shape index (κ2) is 3.91. The van der Waals surface area contributed by atoms with E-state index in [1.807, 2.05) is 12.2 Å². The van der Waals surface area contributed by atoms with Crippen LogP contribution in [-0.4, -0.2) is 18.1 Å². The second-order valence-corrected chi connectivity index (χ2v) is 3.94. The number of halogens is 3. The number of hydrogen-bond acceptors (Lipinski definition) is 1. The molecule has 0 bridgehead atoms. The third-order valence-corrected chi connectivity index (χ3v) is 2.58. The third kappa shape index (κ3) is 2.33. The molecule has 0 aliphatic carbocycles. The van der Waals surface area contributed by atoms with Crippen molar-refractivity contribution in [3.63, 3.8) is 0 Å². The first-order valence-electron chi connectivity index (χ1n) is 5.04. The predicted molar refractivity (Wildman–Crippen MR) is 57.1 cm³/mol. The van der Waals surface area contributed by atoms with Crippen molar-refractivity contribution in [1.29, 1.82) is 0 Å². The van der Waals surface area contributed by atoms with Crippen molar-refractivity contribution in [2.24, 2.45) is 0 Å². The molecule has 1 N–H and O–H groups in total. The van der Waals surface area contributed by atoms with Crippen LogP contribution in [0.1, 0.15) is 11.1 Å². The Labute approximate surface area is 96.1 Å². The van der Waals surface area contributed by atoms with Gasteiger partial charge in [0.05, 0.1) is 0 Å². The molecule has 1 unspecified atom stereocenters. The van der Waals surface area contributed by atoms with Gasteiger partial charge in [0.1, 0.15) is 6.04 Å². The molecule has 0 aromatic heterocycles. The van der Waals surface area contributed by atoms with Crippen LogP contribution in [0, 0.1) is 6.92 Å². The van der Waals surface area contributed by atoms with E-state index in [1.165, 1.54) is 0 Å². The van der Waals surface area contributed by atoms with Crippen LogP contribution in [0.25, 0.3) is 5.57 Å². The zero-order chi connectivity index (χ0) is 12.6. The minimum Gasteiger partial charge on any atom is -0.337 e. The molecule has 90 valence electrons. The van der Waals surface area contributed by atoms with Crippen LogP contribution in [-0.2, 0) is 4.79 Å². The Bertz CT molecular complexity index is 474. The van der Waals surface area contributed by atoms with Gasteiger partial charge in [-0.25, -0.2) is 0 Å². The number of rotatable bonds is 1. The summed E-state index contributed by atoms with van der Waals surface area (Å²) in [5.74, 6) is -0.684. The Morgan fingerprint density at radius 1 is 1.18 bits per heavy atom. The first kappa shape index (κ1) is 11.7. The lowest BCUT2D eigenvalue weighted by Crippen LogP contribution is -2.39. The number of aryl methyl sites for hydroxylation is 1. The van der Waals surface area contributed by atoms with Gasteiger partial charge in [-0.1, -0.05) is 29.8 Å². The van der Waals surface area contributed by atoms with Gasteiger partial charge in [0, 0.05) is 5.57 Å². The molecular formula is C12H10F3NO. The smallest absolute Gasteiger partial charge is 0.337 e. The number of benzene rings is 1. The summed E-state index contributed by atoms with van der Waals surface area (Å²) in [4.78, 5) is 11.4. The monoisotopic (exact) mass is 241 g/mol. The number of amides is 1. The third-order valence-electron chi connectivity index (χ3n) is 2.58. The normalized spacial score (nSPS) is 20.1. The van der Waals surface area contributed by atoms with E-state index in [4.69, 9.17) is 0 Å². The molecule has 1 atom stereocenters. The van der Waals surface area contributed by atoms with Crippen molar-refractivity contribution >= 4 is 11.5 Å². The molecule has 17 heavy (non-hydrogen) atoms. The van der Waals surface area contributed by atoms with Gasteiger partial charge < -0.3 is 5.32 Å². The van der Waals surface area contributed by atoms with Crippen molar-refractivity contribution in [3.05, 3.63) is 41.5 Å². The van der Waals surface area contributed by atoms with Crippen molar-refractivity contribution in [2.75, 3.05) is 0 Å². The summed E-state index contributed by atoms with van der Waals surface area (Å²) < 4.78 is 37.3. The van der Waals surface area contributed by atoms with Gasteiger partial charge in [0.25, 0.3) is 5.91 Å². The van der Waals surface area contributed by atoms with Crippen LogP contribution >= 0.6 is 0 Å². The Morgan fingerprint density at radius 3 is 2.24 bits per heavy atom. The molecular weight excluding hydrogens is 231 g/mol. The zero-order valence-corrected chi connectivity index (χ0v) is 9.01. The van der Waals surface area contributed by atoms with Crippen LogP contribution in [0.4, 0.5) is 13.2 Å². The van der Waals surface area contributed by atoms with E-state index < -0.39 is 18.1 Å². The molecule has 0 radical (unpaired) electrons. The van der Waals surface area contributed by atoms with E-state index in [0.29, 0.717) is 5.56 Å². The quantitative estimate of drug-likeness (QED) is 0.803. The first-order valence-corrected chi connectivity index (χ1v) is 5.04. The molecule has 2 rings (SSSR count). The van der Waals surface area contributed by atoms with Crippen molar-refractivity contribution in [2.45, 2.75) is 19.1 Å². The number of nitrogens with one attached hydrogen (secondary N) is 1. The molecule has 1 aliphatic rings. The van der Waals surface area contributed by atoms with Crippen molar-refractivity contribution in [1.82, 2.24) is 5.32 Å². The Balaban J connectivity index is 2.33. The predicted octanol–water partition coefficient (Wildman–Crippen LogP) is 2.44. The van der Waals surface area contributed by atoms with Gasteiger partial charge in [-0.15, -0.1) is 0 Å². The zero-order valence-electron chi connectivity index (χ0n) is 9.01. The lowest BCUT2D eigenvalue weighted by molar-refractivity contribution is -0.148. The van der Waals surface area contributed by atoms with Crippen LogP contribution in [0.5, 0.6) is 0 Å². The summed E-state index contributed by atoms with van der Waals surface area (Å²) in [6.07, 6.45) is -3.52. The van der Waals surface area contributed by atoms with Crippen LogP contribution in [0.15, 0.2) is 30.3 Å². The fourth-order valence-corrected chi connectivity index (χ4v) is 1.64. The summed E-state index contributed by atoms with van der Waals surface area (Å²) in [6, 6.07) is 4.90. The Kier molecular flexibility index (Phi) is 2.69. The molecule has 5 heteroatoms. The summed E-state index contributed by atoms with van der Waals surface area (Å²) >= 11 is 0. The SMILES string of the molecule is Cc1ccc(C2=CC(C(F)(F)F)NC2=O)cc1. The lowest BCUT2D eigenvalue weighted by atomic mass is 10.0. The minimum absolute atomic E-state index is 0.0762. The average Bonchev–Trinajstić information content (AvgIpc) is 2.61. The minimum atomic E-state index is -4.44. The lowest BCUT2D eigenvalue weighted by Gasteiger charge is -2.12. The standard InChI is InChI=1S/C12H10F3NO/c1-7-2-4-8(5-3-7)9-6-10(12(13,14)15)16-11(9)17/h2-6,10H,1H3,(H,16,17). The maximum absolute atomic E-state index is 12.4. The van der Waals surface area contributed by atoms with E-state index in [-0.39, 0.29) is 5.57 Å². The van der Waals surface area contributed by atoms with Gasteiger partial charge in [-0.05, 0) is 18.6 Å². The Hall–Kier alpha value is -1.78. The van der Waals surface area contributed by atoms with Crippen molar-refractivity contribution < 1.29 is 18.0 Å². The van der Waals surface area contributed by atoms with Gasteiger partial charge in [0.2, 0.25) is 0 Å². The molecule has 2 nitrogen and oxygen atoms in total. The highest BCUT2D eigenvalue weighted by Crippen LogP contribution is 2.29. The van der Waals surface area contributed by atoms with Crippen LogP contribution < -0.4 is 5.32 Å². The highest BCUT2D eigenvalue weighted by molar-refractivity contribution is 6.21. The average molecular weight is 241 g/mol. The number of alkyl halides is 3. The number of hydrogen-bond donors (Lipinski definition) is 1. The highest BCUT2D eigenvalue weighted by atomic mass is 19.4. The maximum atomic E-state index is 12.4. The van der Waals surface area contributed by atoms with E-state index >= 15 is 0 Å². The second-order valence-electron chi connectivity index (χ2n) is 3.94. The molecule has 1 amide bonds. The summed E-state index contributed by atoms with van der Waals surface area (Å²) in [7, 11) is 0.